The molecule has 0 atom stereocenters. The molecule has 0 saturated carbocycles. The van der Waals surface area contributed by atoms with E-state index in [0.29, 0.717) is 17.9 Å². The third kappa shape index (κ3) is 2.21. The molecule has 90 valence electrons. The Kier molecular flexibility index (Phi) is 2.97. The van der Waals surface area contributed by atoms with E-state index in [9.17, 15) is 4.79 Å². The van der Waals surface area contributed by atoms with E-state index in [1.165, 1.54) is 0 Å². The molecule has 17 heavy (non-hydrogen) atoms. The van der Waals surface area contributed by atoms with Gasteiger partial charge in [0.05, 0.1) is 28.6 Å². The van der Waals surface area contributed by atoms with Crippen LogP contribution in [-0.4, -0.2) is 25.8 Å². The minimum absolute atomic E-state index is 0.289. The Hall–Kier alpha value is -1.69. The maximum absolute atomic E-state index is 11.0. The Morgan fingerprint density at radius 3 is 2.65 bits per heavy atom. The van der Waals surface area contributed by atoms with Crippen molar-refractivity contribution in [3.8, 4) is 0 Å². The number of carboxylic acids is 1. The number of aromatic nitrogens is 3. The zero-order chi connectivity index (χ0) is 12.6. The van der Waals surface area contributed by atoms with Crippen molar-refractivity contribution in [3.63, 3.8) is 0 Å². The largest absolute Gasteiger partial charge is 0.478 e. The molecule has 0 aliphatic rings. The summed E-state index contributed by atoms with van der Waals surface area (Å²) >= 11 is 1.58. The molecule has 1 N–H and O–H groups in total. The summed E-state index contributed by atoms with van der Waals surface area (Å²) in [5, 5.41) is 16.3. The lowest BCUT2D eigenvalue weighted by molar-refractivity contribution is 0.0695. The third-order valence-corrected chi connectivity index (χ3v) is 3.40. The molecular formula is C11H13N3O2S. The fraction of sp³-hybridized carbons (Fsp3) is 0.364. The van der Waals surface area contributed by atoms with Gasteiger partial charge in [0.1, 0.15) is 5.56 Å². The molecule has 2 heterocycles. The quantitative estimate of drug-likeness (QED) is 0.906. The van der Waals surface area contributed by atoms with Crippen molar-refractivity contribution in [1.82, 2.24) is 14.8 Å². The lowest BCUT2D eigenvalue weighted by Gasteiger charge is -2.01. The van der Waals surface area contributed by atoms with Crippen molar-refractivity contribution in [2.45, 2.75) is 27.3 Å². The molecular weight excluding hydrogens is 238 g/mol. The third-order valence-electron chi connectivity index (χ3n) is 2.57. The highest BCUT2D eigenvalue weighted by molar-refractivity contribution is 7.09. The van der Waals surface area contributed by atoms with Crippen LogP contribution in [0.25, 0.3) is 0 Å². The van der Waals surface area contributed by atoms with Gasteiger partial charge in [0.25, 0.3) is 0 Å². The summed E-state index contributed by atoms with van der Waals surface area (Å²) < 4.78 is 1.69. The smallest absolute Gasteiger partial charge is 0.339 e. The van der Waals surface area contributed by atoms with Gasteiger partial charge >= 0.3 is 5.97 Å². The SMILES string of the molecule is Cc1nc(Cn2nc(C)c(C(=O)O)c2C)cs1. The first-order valence-electron chi connectivity index (χ1n) is 5.17. The van der Waals surface area contributed by atoms with Crippen LogP contribution < -0.4 is 0 Å². The van der Waals surface area contributed by atoms with E-state index >= 15 is 0 Å². The second-order valence-corrected chi connectivity index (χ2v) is 4.93. The van der Waals surface area contributed by atoms with Crippen molar-refractivity contribution in [2.75, 3.05) is 0 Å². The molecule has 0 bridgehead atoms. The summed E-state index contributed by atoms with van der Waals surface area (Å²) in [7, 11) is 0. The van der Waals surface area contributed by atoms with Gasteiger partial charge in [-0.25, -0.2) is 9.78 Å². The number of thiazole rings is 1. The van der Waals surface area contributed by atoms with Crippen LogP contribution in [0, 0.1) is 20.8 Å². The van der Waals surface area contributed by atoms with Crippen LogP contribution in [0.15, 0.2) is 5.38 Å². The van der Waals surface area contributed by atoms with Crippen molar-refractivity contribution in [2.24, 2.45) is 0 Å². The van der Waals surface area contributed by atoms with E-state index in [2.05, 4.69) is 10.1 Å². The predicted octanol–water partition coefficient (Wildman–Crippen LogP) is 2.01. The topological polar surface area (TPSA) is 68.0 Å². The lowest BCUT2D eigenvalue weighted by atomic mass is 10.2. The van der Waals surface area contributed by atoms with Gasteiger partial charge in [-0.15, -0.1) is 11.3 Å². The Balaban J connectivity index is 2.34. The van der Waals surface area contributed by atoms with Crippen LogP contribution in [0.4, 0.5) is 0 Å². The fourth-order valence-electron chi connectivity index (χ4n) is 1.79. The summed E-state index contributed by atoms with van der Waals surface area (Å²) in [6.07, 6.45) is 0. The molecule has 5 nitrogen and oxygen atoms in total. The number of aromatic carboxylic acids is 1. The molecule has 0 amide bonds. The normalized spacial score (nSPS) is 10.8. The number of nitrogens with zero attached hydrogens (tertiary/aromatic N) is 3. The first kappa shape index (κ1) is 11.8. The van der Waals surface area contributed by atoms with Crippen LogP contribution in [0.5, 0.6) is 0 Å². The summed E-state index contributed by atoms with van der Waals surface area (Å²) in [5.74, 6) is -0.930. The average molecular weight is 251 g/mol. The van der Waals surface area contributed by atoms with Gasteiger partial charge in [0.15, 0.2) is 0 Å². The van der Waals surface area contributed by atoms with E-state index in [-0.39, 0.29) is 5.56 Å². The monoisotopic (exact) mass is 251 g/mol. The van der Waals surface area contributed by atoms with Gasteiger partial charge in [-0.05, 0) is 20.8 Å². The highest BCUT2D eigenvalue weighted by Gasteiger charge is 2.17. The van der Waals surface area contributed by atoms with Gasteiger partial charge in [-0.2, -0.15) is 5.10 Å². The van der Waals surface area contributed by atoms with E-state index in [1.807, 2.05) is 12.3 Å². The van der Waals surface area contributed by atoms with Crippen molar-refractivity contribution < 1.29 is 9.90 Å². The van der Waals surface area contributed by atoms with Gasteiger partial charge in [-0.3, -0.25) is 4.68 Å². The van der Waals surface area contributed by atoms with E-state index in [1.54, 1.807) is 29.9 Å². The minimum Gasteiger partial charge on any atom is -0.478 e. The highest BCUT2D eigenvalue weighted by atomic mass is 32.1. The van der Waals surface area contributed by atoms with E-state index in [4.69, 9.17) is 5.11 Å². The summed E-state index contributed by atoms with van der Waals surface area (Å²) in [5.41, 5.74) is 2.41. The van der Waals surface area contributed by atoms with Crippen LogP contribution in [0.1, 0.15) is 32.4 Å². The Morgan fingerprint density at radius 2 is 2.18 bits per heavy atom. The molecule has 0 fully saturated rings. The standard InChI is InChI=1S/C11H13N3O2S/c1-6-10(11(15)16)7(2)14(13-6)4-9-5-17-8(3)12-9/h5H,4H2,1-3H3,(H,15,16). The number of carboxylic acid groups (broad SMARTS) is 1. The van der Waals surface area contributed by atoms with Gasteiger partial charge < -0.3 is 5.11 Å². The Morgan fingerprint density at radius 1 is 1.47 bits per heavy atom. The number of hydrogen-bond acceptors (Lipinski definition) is 4. The maximum atomic E-state index is 11.0. The van der Waals surface area contributed by atoms with Crippen LogP contribution >= 0.6 is 11.3 Å². The molecule has 0 unspecified atom stereocenters. The molecule has 0 spiro atoms. The van der Waals surface area contributed by atoms with Crippen LogP contribution in [0.2, 0.25) is 0 Å². The molecule has 2 aromatic heterocycles. The fourth-order valence-corrected chi connectivity index (χ4v) is 2.40. The Bertz CT molecular complexity index is 571. The number of rotatable bonds is 3. The minimum atomic E-state index is -0.930. The van der Waals surface area contributed by atoms with Crippen LogP contribution in [-0.2, 0) is 6.54 Å². The predicted molar refractivity (Wildman–Crippen MR) is 64.6 cm³/mol. The van der Waals surface area contributed by atoms with E-state index in [0.717, 1.165) is 10.7 Å². The van der Waals surface area contributed by atoms with Crippen molar-refractivity contribution >= 4 is 17.3 Å². The maximum Gasteiger partial charge on any atom is 0.339 e. The molecule has 0 radical (unpaired) electrons. The Labute approximate surface area is 103 Å². The molecule has 2 rings (SSSR count). The van der Waals surface area contributed by atoms with E-state index < -0.39 is 5.97 Å². The van der Waals surface area contributed by atoms with Gasteiger partial charge in [0.2, 0.25) is 0 Å². The average Bonchev–Trinajstić information content (AvgIpc) is 2.73. The molecule has 6 heteroatoms. The van der Waals surface area contributed by atoms with Gasteiger partial charge in [-0.1, -0.05) is 0 Å². The molecule has 2 aromatic rings. The zero-order valence-electron chi connectivity index (χ0n) is 9.89. The lowest BCUT2D eigenvalue weighted by Crippen LogP contribution is -2.06. The summed E-state index contributed by atoms with van der Waals surface area (Å²) in [6, 6.07) is 0. The molecule has 0 aliphatic carbocycles. The van der Waals surface area contributed by atoms with Crippen molar-refractivity contribution in [1.29, 1.82) is 0 Å². The number of carbonyl (C=O) groups is 1. The first-order valence-corrected chi connectivity index (χ1v) is 6.05. The molecule has 0 aliphatic heterocycles. The number of hydrogen-bond donors (Lipinski definition) is 1. The second kappa shape index (κ2) is 4.29. The van der Waals surface area contributed by atoms with Crippen molar-refractivity contribution in [3.05, 3.63) is 33.0 Å². The zero-order valence-corrected chi connectivity index (χ0v) is 10.7. The molecule has 0 saturated heterocycles. The second-order valence-electron chi connectivity index (χ2n) is 3.87. The number of aryl methyl sites for hydroxylation is 2. The van der Waals surface area contributed by atoms with Crippen LogP contribution in [0.3, 0.4) is 0 Å². The summed E-state index contributed by atoms with van der Waals surface area (Å²) in [4.78, 5) is 15.4. The molecule has 0 aromatic carbocycles. The van der Waals surface area contributed by atoms with Gasteiger partial charge in [0, 0.05) is 5.38 Å². The summed E-state index contributed by atoms with van der Waals surface area (Å²) in [6.45, 7) is 5.93. The first-order chi connectivity index (χ1) is 7.99. The highest BCUT2D eigenvalue weighted by Crippen LogP contribution is 2.15.